The first-order chi connectivity index (χ1) is 11.2. The van der Waals surface area contributed by atoms with Crippen LogP contribution in [-0.4, -0.2) is 52.8 Å². The molecule has 1 heterocycles. The van der Waals surface area contributed by atoms with Crippen LogP contribution in [0.2, 0.25) is 0 Å². The van der Waals surface area contributed by atoms with Crippen molar-refractivity contribution in [1.29, 1.82) is 0 Å². The average molecular weight is 337 g/mol. The summed E-state index contributed by atoms with van der Waals surface area (Å²) in [7, 11) is 0. The van der Waals surface area contributed by atoms with Crippen LogP contribution in [0, 0.1) is 11.8 Å². The van der Waals surface area contributed by atoms with E-state index in [4.69, 9.17) is 0 Å². The predicted octanol–water partition coefficient (Wildman–Crippen LogP) is 2.38. The number of nitrogens with zero attached hydrogens (tertiary/aromatic N) is 2. The van der Waals surface area contributed by atoms with Gasteiger partial charge in [0.05, 0.1) is 0 Å². The molecule has 6 nitrogen and oxygen atoms in total. The lowest BCUT2D eigenvalue weighted by atomic mass is 9.82. The molecule has 4 amide bonds. The summed E-state index contributed by atoms with van der Waals surface area (Å²) in [6, 6.07) is -0.413. The first kappa shape index (κ1) is 18.7. The van der Waals surface area contributed by atoms with E-state index in [0.717, 1.165) is 24.2 Å². The lowest BCUT2D eigenvalue weighted by Gasteiger charge is -2.31. The van der Waals surface area contributed by atoms with Crippen molar-refractivity contribution in [2.75, 3.05) is 19.6 Å². The van der Waals surface area contributed by atoms with Crippen molar-refractivity contribution in [2.45, 2.75) is 65.3 Å². The molecule has 0 unspecified atom stereocenters. The van der Waals surface area contributed by atoms with Gasteiger partial charge in [-0.25, -0.2) is 4.79 Å². The molecule has 2 rings (SSSR count). The lowest BCUT2D eigenvalue weighted by Crippen LogP contribution is -2.49. The summed E-state index contributed by atoms with van der Waals surface area (Å²) in [5, 5.41) is 2.86. The molecule has 24 heavy (non-hydrogen) atoms. The molecule has 0 bridgehead atoms. The molecule has 1 N–H and O–H groups in total. The van der Waals surface area contributed by atoms with Crippen LogP contribution in [0.1, 0.15) is 59.8 Å². The zero-order chi connectivity index (χ0) is 17.9. The number of hydrogen-bond donors (Lipinski definition) is 1. The molecule has 1 saturated heterocycles. The second kappa shape index (κ2) is 7.53. The Morgan fingerprint density at radius 1 is 1.08 bits per heavy atom. The van der Waals surface area contributed by atoms with Gasteiger partial charge in [0.15, 0.2) is 0 Å². The van der Waals surface area contributed by atoms with E-state index in [1.54, 1.807) is 4.90 Å². The van der Waals surface area contributed by atoms with E-state index in [1.165, 1.54) is 0 Å². The van der Waals surface area contributed by atoms with Gasteiger partial charge < -0.3 is 10.2 Å². The summed E-state index contributed by atoms with van der Waals surface area (Å²) < 4.78 is 0. The molecule has 136 valence electrons. The van der Waals surface area contributed by atoms with Gasteiger partial charge >= 0.3 is 6.03 Å². The number of nitrogens with one attached hydrogen (secondary N) is 1. The monoisotopic (exact) mass is 337 g/mol. The Bertz CT molecular complexity index is 486. The summed E-state index contributed by atoms with van der Waals surface area (Å²) in [6.07, 6.45) is 4.36. The highest BCUT2D eigenvalue weighted by atomic mass is 16.2. The number of carbonyl (C=O) groups is 3. The van der Waals surface area contributed by atoms with E-state index >= 15 is 0 Å². The molecule has 2 aliphatic rings. The van der Waals surface area contributed by atoms with Crippen LogP contribution >= 0.6 is 0 Å². The van der Waals surface area contributed by atoms with Crippen LogP contribution in [0.25, 0.3) is 0 Å². The smallest absolute Gasteiger partial charge is 0.325 e. The highest BCUT2D eigenvalue weighted by Crippen LogP contribution is 2.33. The molecule has 1 aliphatic carbocycles. The summed E-state index contributed by atoms with van der Waals surface area (Å²) in [6.45, 7) is 9.39. The van der Waals surface area contributed by atoms with Crippen molar-refractivity contribution < 1.29 is 14.4 Å². The Hall–Kier alpha value is -1.59. The van der Waals surface area contributed by atoms with Gasteiger partial charge in [0, 0.05) is 13.1 Å². The van der Waals surface area contributed by atoms with Crippen LogP contribution < -0.4 is 5.32 Å². The van der Waals surface area contributed by atoms with Gasteiger partial charge in [0.2, 0.25) is 5.91 Å². The molecule has 6 heteroatoms. The van der Waals surface area contributed by atoms with Crippen molar-refractivity contribution in [1.82, 2.24) is 15.1 Å². The van der Waals surface area contributed by atoms with Gasteiger partial charge in [-0.1, -0.05) is 47.0 Å². The predicted molar refractivity (Wildman–Crippen MR) is 92.3 cm³/mol. The molecule has 0 aromatic carbocycles. The summed E-state index contributed by atoms with van der Waals surface area (Å²) in [5.41, 5.74) is -0.753. The van der Waals surface area contributed by atoms with Gasteiger partial charge in [-0.3, -0.25) is 14.5 Å². The highest BCUT2D eigenvalue weighted by molar-refractivity contribution is 6.09. The normalized spacial score (nSPS) is 20.2. The third-order valence-corrected chi connectivity index (χ3v) is 4.77. The van der Waals surface area contributed by atoms with Crippen molar-refractivity contribution >= 4 is 17.8 Å². The first-order valence-electron chi connectivity index (χ1n) is 9.17. The molecule has 0 radical (unpaired) electrons. The number of carbonyl (C=O) groups excluding carboxylic acids is 3. The van der Waals surface area contributed by atoms with E-state index in [9.17, 15) is 14.4 Å². The fourth-order valence-corrected chi connectivity index (χ4v) is 3.71. The standard InChI is InChI=1S/C18H31N3O3/c1-13(2)10-20(11-14(3)4)15(22)12-21-16(23)18(19-17(21)24)8-6-5-7-9-18/h13-14H,5-12H2,1-4H3,(H,19,24). The molecule has 1 aliphatic heterocycles. The van der Waals surface area contributed by atoms with Crippen LogP contribution in [0.5, 0.6) is 0 Å². The molecule has 0 atom stereocenters. The lowest BCUT2D eigenvalue weighted by molar-refractivity contribution is -0.140. The van der Waals surface area contributed by atoms with E-state index in [2.05, 4.69) is 33.0 Å². The Labute approximate surface area is 144 Å². The van der Waals surface area contributed by atoms with Crippen LogP contribution in [-0.2, 0) is 9.59 Å². The second-order valence-corrected chi connectivity index (χ2v) is 8.05. The quantitative estimate of drug-likeness (QED) is 0.757. The Balaban J connectivity index is 2.06. The minimum atomic E-state index is -0.753. The van der Waals surface area contributed by atoms with Crippen molar-refractivity contribution in [3.05, 3.63) is 0 Å². The first-order valence-corrected chi connectivity index (χ1v) is 9.17. The minimum Gasteiger partial charge on any atom is -0.341 e. The molecular formula is C18H31N3O3. The average Bonchev–Trinajstić information content (AvgIpc) is 2.71. The number of rotatable bonds is 6. The van der Waals surface area contributed by atoms with Gasteiger partial charge in [-0.15, -0.1) is 0 Å². The number of urea groups is 1. The zero-order valence-corrected chi connectivity index (χ0v) is 15.4. The third kappa shape index (κ3) is 4.08. The van der Waals surface area contributed by atoms with E-state index < -0.39 is 11.6 Å². The third-order valence-electron chi connectivity index (χ3n) is 4.77. The van der Waals surface area contributed by atoms with Gasteiger partial charge in [-0.05, 0) is 24.7 Å². The highest BCUT2D eigenvalue weighted by Gasteiger charge is 2.51. The van der Waals surface area contributed by atoms with Crippen LogP contribution in [0.4, 0.5) is 4.79 Å². The molecule has 0 aromatic heterocycles. The van der Waals surface area contributed by atoms with E-state index in [1.807, 2.05) is 0 Å². The summed E-state index contributed by atoms with van der Waals surface area (Å²) in [4.78, 5) is 40.6. The zero-order valence-electron chi connectivity index (χ0n) is 15.4. The Kier molecular flexibility index (Phi) is 5.88. The summed E-state index contributed by atoms with van der Waals surface area (Å²) in [5.74, 6) is 0.337. The summed E-state index contributed by atoms with van der Waals surface area (Å²) >= 11 is 0. The van der Waals surface area contributed by atoms with Crippen molar-refractivity contribution in [3.63, 3.8) is 0 Å². The Morgan fingerprint density at radius 3 is 2.12 bits per heavy atom. The van der Waals surface area contributed by atoms with Gasteiger partial charge in [0.25, 0.3) is 5.91 Å². The Morgan fingerprint density at radius 2 is 1.62 bits per heavy atom. The van der Waals surface area contributed by atoms with E-state index in [-0.39, 0.29) is 18.4 Å². The molecule has 1 saturated carbocycles. The number of hydrogen-bond acceptors (Lipinski definition) is 3. The minimum absolute atomic E-state index is 0.145. The fraction of sp³-hybridized carbons (Fsp3) is 0.833. The van der Waals surface area contributed by atoms with Gasteiger partial charge in [0.1, 0.15) is 12.1 Å². The topological polar surface area (TPSA) is 69.7 Å². The fourth-order valence-electron chi connectivity index (χ4n) is 3.71. The molecule has 1 spiro atoms. The maximum Gasteiger partial charge on any atom is 0.325 e. The maximum atomic E-state index is 12.8. The van der Waals surface area contributed by atoms with Gasteiger partial charge in [-0.2, -0.15) is 0 Å². The van der Waals surface area contributed by atoms with Crippen molar-refractivity contribution in [2.24, 2.45) is 11.8 Å². The second-order valence-electron chi connectivity index (χ2n) is 8.05. The number of amides is 4. The van der Waals surface area contributed by atoms with Crippen LogP contribution in [0.15, 0.2) is 0 Å². The molecule has 2 fully saturated rings. The molecule has 0 aromatic rings. The van der Waals surface area contributed by atoms with E-state index in [0.29, 0.717) is 37.8 Å². The maximum absolute atomic E-state index is 12.8. The van der Waals surface area contributed by atoms with Crippen molar-refractivity contribution in [3.8, 4) is 0 Å². The largest absolute Gasteiger partial charge is 0.341 e. The number of imide groups is 1. The van der Waals surface area contributed by atoms with Crippen LogP contribution in [0.3, 0.4) is 0 Å². The molecular weight excluding hydrogens is 306 g/mol. The SMILES string of the molecule is CC(C)CN(CC(C)C)C(=O)CN1C(=O)NC2(CCCCC2)C1=O.